The molecule has 0 saturated carbocycles. The zero-order chi connectivity index (χ0) is 20.3. The van der Waals surface area contributed by atoms with E-state index in [4.69, 9.17) is 9.84 Å². The number of hydrogen-bond acceptors (Lipinski definition) is 8. The molecular formula is C17H12FN5O5. The van der Waals surface area contributed by atoms with Gasteiger partial charge in [0.05, 0.1) is 18.1 Å². The van der Waals surface area contributed by atoms with Gasteiger partial charge in [-0.3, -0.25) is 15.1 Å². The van der Waals surface area contributed by atoms with Gasteiger partial charge >= 0.3 is 6.09 Å². The standard InChI is InChI=1S/C17H12FN5O5/c1-8-11(5-13(24)15(20-8)16(25)21-17(26)27)12-2-3-14(23-22-12)28-10-4-9(18)6-19-7-10/h2-7,24H,1H3,(H,21,25)(H,26,27). The van der Waals surface area contributed by atoms with Crippen molar-refractivity contribution in [1.82, 2.24) is 25.5 Å². The summed E-state index contributed by atoms with van der Waals surface area (Å²) >= 11 is 0. The molecule has 0 atom stereocenters. The van der Waals surface area contributed by atoms with Gasteiger partial charge in [0.2, 0.25) is 5.88 Å². The van der Waals surface area contributed by atoms with Crippen molar-refractivity contribution in [3.05, 3.63) is 53.9 Å². The number of ether oxygens (including phenoxy) is 1. The van der Waals surface area contributed by atoms with Crippen LogP contribution in [0.1, 0.15) is 16.2 Å². The van der Waals surface area contributed by atoms with E-state index in [2.05, 4.69) is 20.2 Å². The summed E-state index contributed by atoms with van der Waals surface area (Å²) in [6, 6.07) is 5.35. The Balaban J connectivity index is 1.84. The Morgan fingerprint density at radius 3 is 2.61 bits per heavy atom. The molecule has 28 heavy (non-hydrogen) atoms. The summed E-state index contributed by atoms with van der Waals surface area (Å²) < 4.78 is 18.5. The van der Waals surface area contributed by atoms with Crippen molar-refractivity contribution < 1.29 is 28.9 Å². The second-order valence-corrected chi connectivity index (χ2v) is 5.45. The molecule has 0 aliphatic heterocycles. The number of carboxylic acid groups (broad SMARTS) is 1. The zero-order valence-corrected chi connectivity index (χ0v) is 14.3. The average molecular weight is 385 g/mol. The second-order valence-electron chi connectivity index (χ2n) is 5.45. The molecule has 3 heterocycles. The molecule has 0 fully saturated rings. The fraction of sp³-hybridized carbons (Fsp3) is 0.0588. The number of nitrogens with one attached hydrogen (secondary N) is 1. The Bertz CT molecular complexity index is 1060. The predicted octanol–water partition coefficient (Wildman–Crippen LogP) is 2.29. The van der Waals surface area contributed by atoms with Gasteiger partial charge in [0, 0.05) is 23.4 Å². The third kappa shape index (κ3) is 4.15. The molecular weight excluding hydrogens is 373 g/mol. The Morgan fingerprint density at radius 2 is 1.96 bits per heavy atom. The van der Waals surface area contributed by atoms with E-state index >= 15 is 0 Å². The first-order valence-electron chi connectivity index (χ1n) is 7.71. The summed E-state index contributed by atoms with van der Waals surface area (Å²) in [4.78, 5) is 29.9. The van der Waals surface area contributed by atoms with Crippen molar-refractivity contribution in [2.24, 2.45) is 0 Å². The molecule has 0 aromatic carbocycles. The van der Waals surface area contributed by atoms with Gasteiger partial charge < -0.3 is 14.9 Å². The minimum Gasteiger partial charge on any atom is -0.505 e. The van der Waals surface area contributed by atoms with Gasteiger partial charge in [-0.1, -0.05) is 0 Å². The van der Waals surface area contributed by atoms with Crippen LogP contribution in [0, 0.1) is 12.7 Å². The summed E-state index contributed by atoms with van der Waals surface area (Å²) in [7, 11) is 0. The fourth-order valence-corrected chi connectivity index (χ4v) is 2.26. The molecule has 0 bridgehead atoms. The molecule has 0 radical (unpaired) electrons. The molecule has 3 aromatic heterocycles. The number of imide groups is 1. The summed E-state index contributed by atoms with van der Waals surface area (Å²) in [6.45, 7) is 1.55. The molecule has 11 heteroatoms. The Kier molecular flexibility index (Phi) is 5.07. The molecule has 0 unspecified atom stereocenters. The Labute approximate surface area is 156 Å². The number of hydrogen-bond donors (Lipinski definition) is 3. The molecule has 142 valence electrons. The van der Waals surface area contributed by atoms with Crippen LogP contribution >= 0.6 is 0 Å². The third-order valence-corrected chi connectivity index (χ3v) is 3.45. The summed E-state index contributed by atoms with van der Waals surface area (Å²) in [5.41, 5.74) is 0.562. The van der Waals surface area contributed by atoms with Crippen LogP contribution in [0.4, 0.5) is 9.18 Å². The van der Waals surface area contributed by atoms with Gasteiger partial charge in [-0.15, -0.1) is 10.2 Å². The lowest BCUT2D eigenvalue weighted by Crippen LogP contribution is -2.29. The monoisotopic (exact) mass is 385 g/mol. The first-order valence-corrected chi connectivity index (χ1v) is 7.71. The maximum atomic E-state index is 13.1. The van der Waals surface area contributed by atoms with Gasteiger partial charge in [0.25, 0.3) is 5.91 Å². The third-order valence-electron chi connectivity index (χ3n) is 3.45. The minimum atomic E-state index is -1.57. The van der Waals surface area contributed by atoms with Crippen LogP contribution in [0.3, 0.4) is 0 Å². The van der Waals surface area contributed by atoms with E-state index in [1.807, 2.05) is 0 Å². The number of rotatable bonds is 4. The summed E-state index contributed by atoms with van der Waals surface area (Å²) in [5.74, 6) is -1.91. The van der Waals surface area contributed by atoms with E-state index in [0.717, 1.165) is 12.3 Å². The number of halogens is 1. The number of aryl methyl sites for hydroxylation is 1. The molecule has 2 amide bonds. The van der Waals surface area contributed by atoms with Gasteiger partial charge in [-0.05, 0) is 19.1 Å². The lowest BCUT2D eigenvalue weighted by atomic mass is 10.1. The topological polar surface area (TPSA) is 147 Å². The van der Waals surface area contributed by atoms with Crippen LogP contribution in [0.5, 0.6) is 17.4 Å². The number of aromatic hydroxyl groups is 1. The van der Waals surface area contributed by atoms with E-state index in [0.29, 0.717) is 17.0 Å². The van der Waals surface area contributed by atoms with Crippen molar-refractivity contribution in [2.75, 3.05) is 0 Å². The van der Waals surface area contributed by atoms with Crippen LogP contribution in [-0.2, 0) is 0 Å². The molecule has 3 N–H and O–H groups in total. The van der Waals surface area contributed by atoms with Crippen molar-refractivity contribution in [3.63, 3.8) is 0 Å². The number of nitrogens with zero attached hydrogens (tertiary/aromatic N) is 4. The molecule has 0 spiro atoms. The molecule has 0 aliphatic rings. The van der Waals surface area contributed by atoms with Gasteiger partial charge in [-0.2, -0.15) is 0 Å². The largest absolute Gasteiger partial charge is 0.505 e. The Morgan fingerprint density at radius 1 is 1.18 bits per heavy atom. The van der Waals surface area contributed by atoms with Gasteiger partial charge in [-0.25, -0.2) is 14.2 Å². The van der Waals surface area contributed by atoms with Crippen molar-refractivity contribution >= 4 is 12.0 Å². The number of amides is 2. The summed E-state index contributed by atoms with van der Waals surface area (Å²) in [6.07, 6.45) is 0.776. The second kappa shape index (κ2) is 7.61. The van der Waals surface area contributed by atoms with Crippen LogP contribution < -0.4 is 10.1 Å². The smallest absolute Gasteiger partial charge is 0.411 e. The van der Waals surface area contributed by atoms with E-state index in [9.17, 15) is 19.1 Å². The van der Waals surface area contributed by atoms with E-state index in [1.165, 1.54) is 24.4 Å². The van der Waals surface area contributed by atoms with Crippen LogP contribution in [-0.4, -0.2) is 42.4 Å². The van der Waals surface area contributed by atoms with Crippen molar-refractivity contribution in [1.29, 1.82) is 0 Å². The molecule has 3 rings (SSSR count). The molecule has 3 aromatic rings. The lowest BCUT2D eigenvalue weighted by molar-refractivity contribution is 0.0940. The highest BCUT2D eigenvalue weighted by Crippen LogP contribution is 2.28. The van der Waals surface area contributed by atoms with Crippen LogP contribution in [0.25, 0.3) is 11.3 Å². The fourth-order valence-electron chi connectivity index (χ4n) is 2.26. The van der Waals surface area contributed by atoms with E-state index < -0.39 is 29.3 Å². The van der Waals surface area contributed by atoms with Crippen LogP contribution in [0.15, 0.2) is 36.7 Å². The minimum absolute atomic E-state index is 0.0865. The highest BCUT2D eigenvalue weighted by molar-refractivity contribution is 6.03. The quantitative estimate of drug-likeness (QED) is 0.615. The molecule has 0 aliphatic carbocycles. The number of carbonyl (C=O) groups excluding carboxylic acids is 1. The van der Waals surface area contributed by atoms with Crippen molar-refractivity contribution in [2.45, 2.75) is 6.92 Å². The Hall–Kier alpha value is -4.15. The first-order chi connectivity index (χ1) is 13.3. The summed E-state index contributed by atoms with van der Waals surface area (Å²) in [5, 5.41) is 28.0. The van der Waals surface area contributed by atoms with E-state index in [-0.39, 0.29) is 11.6 Å². The van der Waals surface area contributed by atoms with E-state index in [1.54, 1.807) is 12.2 Å². The maximum Gasteiger partial charge on any atom is 0.411 e. The normalized spacial score (nSPS) is 10.4. The highest BCUT2D eigenvalue weighted by Gasteiger charge is 2.19. The number of carbonyl (C=O) groups is 2. The van der Waals surface area contributed by atoms with Gasteiger partial charge in [0.15, 0.2) is 11.4 Å². The molecule has 0 saturated heterocycles. The average Bonchev–Trinajstić information content (AvgIpc) is 2.63. The zero-order valence-electron chi connectivity index (χ0n) is 14.3. The first kappa shape index (κ1) is 18.6. The lowest BCUT2D eigenvalue weighted by Gasteiger charge is -2.09. The highest BCUT2D eigenvalue weighted by atomic mass is 19.1. The predicted molar refractivity (Wildman–Crippen MR) is 91.4 cm³/mol. The number of aromatic nitrogens is 4. The van der Waals surface area contributed by atoms with Crippen LogP contribution in [0.2, 0.25) is 0 Å². The van der Waals surface area contributed by atoms with Crippen molar-refractivity contribution in [3.8, 4) is 28.6 Å². The SMILES string of the molecule is Cc1nc(C(=O)NC(=O)O)c(O)cc1-c1ccc(Oc2cncc(F)c2)nn1. The number of pyridine rings is 2. The molecule has 10 nitrogen and oxygen atoms in total. The van der Waals surface area contributed by atoms with Gasteiger partial charge in [0.1, 0.15) is 11.6 Å². The maximum absolute atomic E-state index is 13.1.